The number of fused-ring (bicyclic) bond motifs is 1. The lowest BCUT2D eigenvalue weighted by Gasteiger charge is -2.17. The largest absolute Gasteiger partial charge is 0.486 e. The normalized spacial score (nSPS) is 12.2. The van der Waals surface area contributed by atoms with Crippen LogP contribution in [0.25, 0.3) is 22.2 Å². The van der Waals surface area contributed by atoms with Crippen molar-refractivity contribution < 1.29 is 9.53 Å². The molecule has 170 valence electrons. The van der Waals surface area contributed by atoms with Crippen LogP contribution in [0.15, 0.2) is 48.9 Å². The summed E-state index contributed by atoms with van der Waals surface area (Å²) >= 11 is 12.5. The summed E-state index contributed by atoms with van der Waals surface area (Å²) in [6, 6.07) is 9.26. The first-order valence-electron chi connectivity index (χ1n) is 10.2. The number of aromatic amines is 1. The van der Waals surface area contributed by atoms with Crippen molar-refractivity contribution in [1.29, 1.82) is 0 Å². The second-order valence-corrected chi connectivity index (χ2v) is 8.59. The van der Waals surface area contributed by atoms with E-state index < -0.39 is 0 Å². The highest BCUT2D eigenvalue weighted by molar-refractivity contribution is 6.35. The molecule has 4 rings (SSSR count). The number of benzene rings is 1. The van der Waals surface area contributed by atoms with E-state index in [9.17, 15) is 4.79 Å². The van der Waals surface area contributed by atoms with Gasteiger partial charge >= 0.3 is 0 Å². The van der Waals surface area contributed by atoms with Crippen molar-refractivity contribution in [2.75, 3.05) is 26.0 Å². The van der Waals surface area contributed by atoms with Gasteiger partial charge in [-0.3, -0.25) is 14.9 Å². The van der Waals surface area contributed by atoms with Gasteiger partial charge in [-0.2, -0.15) is 5.10 Å². The topological polar surface area (TPSA) is 96.0 Å². The fourth-order valence-corrected chi connectivity index (χ4v) is 4.11. The Kier molecular flexibility index (Phi) is 6.78. The molecule has 0 saturated carbocycles. The van der Waals surface area contributed by atoms with Crippen molar-refractivity contribution in [3.8, 4) is 17.0 Å². The molecule has 0 radical (unpaired) electrons. The van der Waals surface area contributed by atoms with E-state index in [2.05, 4.69) is 25.5 Å². The zero-order valence-corrected chi connectivity index (χ0v) is 19.8. The number of H-pyrrole nitrogens is 1. The van der Waals surface area contributed by atoms with Crippen LogP contribution in [0.4, 0.5) is 5.82 Å². The van der Waals surface area contributed by atoms with Gasteiger partial charge in [0.2, 0.25) is 5.91 Å². The molecule has 0 aliphatic rings. The van der Waals surface area contributed by atoms with Gasteiger partial charge in [-0.25, -0.2) is 4.98 Å². The molecule has 33 heavy (non-hydrogen) atoms. The summed E-state index contributed by atoms with van der Waals surface area (Å²) in [6.45, 7) is 2.16. The molecule has 0 aliphatic heterocycles. The molecule has 0 spiro atoms. The van der Waals surface area contributed by atoms with E-state index in [1.165, 1.54) is 0 Å². The van der Waals surface area contributed by atoms with E-state index in [1.807, 2.05) is 45.3 Å². The summed E-state index contributed by atoms with van der Waals surface area (Å²) in [7, 11) is 3.66. The molecule has 0 saturated heterocycles. The fraction of sp³-hybridized carbons (Fsp3) is 0.217. The number of aromatic nitrogens is 4. The number of carbonyl (C=O) groups is 1. The van der Waals surface area contributed by atoms with Crippen LogP contribution in [0.1, 0.15) is 18.6 Å². The van der Waals surface area contributed by atoms with Crippen molar-refractivity contribution in [3.05, 3.63) is 64.5 Å². The molecule has 0 aliphatic carbocycles. The number of hydrogen-bond donors (Lipinski definition) is 2. The number of likely N-dealkylation sites (N-methyl/N-ethyl adjacent to an activating group) is 1. The lowest BCUT2D eigenvalue weighted by molar-refractivity contribution is -0.116. The van der Waals surface area contributed by atoms with Crippen molar-refractivity contribution >= 4 is 45.8 Å². The molecule has 0 bridgehead atoms. The van der Waals surface area contributed by atoms with Crippen LogP contribution in [0, 0.1) is 0 Å². The van der Waals surface area contributed by atoms with Crippen LogP contribution in [0.5, 0.6) is 5.75 Å². The molecule has 1 atom stereocenters. The van der Waals surface area contributed by atoms with E-state index in [1.54, 1.807) is 29.6 Å². The standard InChI is InChI=1S/C23H22Cl2N6O2/c1-13(22-17(24)10-26-11-18(22)25)33-15-5-6-19-16(8-15)23(30-29-19)14-4-7-20(27-9-14)28-21(32)12-31(2)3/h4-11,13H,12H2,1-3H3,(H,29,30)(H,27,28,32)/t13-/m1/s1. The van der Waals surface area contributed by atoms with E-state index in [4.69, 9.17) is 27.9 Å². The molecule has 3 heterocycles. The van der Waals surface area contributed by atoms with Crippen LogP contribution < -0.4 is 10.1 Å². The minimum atomic E-state index is -0.382. The van der Waals surface area contributed by atoms with Crippen molar-refractivity contribution in [3.63, 3.8) is 0 Å². The Morgan fingerprint density at radius 3 is 2.58 bits per heavy atom. The monoisotopic (exact) mass is 484 g/mol. The maximum atomic E-state index is 11.9. The zero-order chi connectivity index (χ0) is 23.5. The van der Waals surface area contributed by atoms with Gasteiger partial charge in [0, 0.05) is 35.1 Å². The number of nitrogens with one attached hydrogen (secondary N) is 2. The highest BCUT2D eigenvalue weighted by Crippen LogP contribution is 2.34. The molecule has 1 amide bonds. The van der Waals surface area contributed by atoms with Gasteiger partial charge < -0.3 is 15.0 Å². The number of rotatable bonds is 7. The van der Waals surface area contributed by atoms with Gasteiger partial charge in [0.05, 0.1) is 22.1 Å². The Hall–Kier alpha value is -3.20. The molecular formula is C23H22Cl2N6O2. The van der Waals surface area contributed by atoms with E-state index in [0.29, 0.717) is 27.2 Å². The van der Waals surface area contributed by atoms with Gasteiger partial charge in [0.1, 0.15) is 23.4 Å². The number of nitrogens with zero attached hydrogens (tertiary/aromatic N) is 4. The van der Waals surface area contributed by atoms with Crippen LogP contribution >= 0.6 is 23.2 Å². The minimum Gasteiger partial charge on any atom is -0.486 e. The molecule has 0 fully saturated rings. The molecular weight excluding hydrogens is 463 g/mol. The highest BCUT2D eigenvalue weighted by atomic mass is 35.5. The van der Waals surface area contributed by atoms with Crippen LogP contribution in [0.3, 0.4) is 0 Å². The Balaban J connectivity index is 1.56. The first-order valence-corrected chi connectivity index (χ1v) is 10.9. The zero-order valence-electron chi connectivity index (χ0n) is 18.3. The SMILES string of the molecule is C[C@@H](Oc1ccc2[nH]nc(-c3ccc(NC(=O)CN(C)C)nc3)c2c1)c1c(Cl)cncc1Cl. The summed E-state index contributed by atoms with van der Waals surface area (Å²) in [5.41, 5.74) is 3.06. The van der Waals surface area contributed by atoms with Crippen molar-refractivity contribution in [2.45, 2.75) is 13.0 Å². The maximum absolute atomic E-state index is 11.9. The van der Waals surface area contributed by atoms with Crippen LogP contribution in [-0.4, -0.2) is 51.6 Å². The third-order valence-electron chi connectivity index (χ3n) is 4.91. The molecule has 4 aromatic rings. The Labute approximate surface area is 200 Å². The number of anilines is 1. The summed E-state index contributed by atoms with van der Waals surface area (Å²) < 4.78 is 6.12. The molecule has 0 unspecified atom stereocenters. The first kappa shape index (κ1) is 23.0. The molecule has 1 aromatic carbocycles. The fourth-order valence-electron chi connectivity index (χ4n) is 3.44. The minimum absolute atomic E-state index is 0.129. The Morgan fingerprint density at radius 2 is 1.91 bits per heavy atom. The van der Waals surface area contributed by atoms with Gasteiger partial charge in [-0.05, 0) is 51.4 Å². The predicted octanol–water partition coefficient (Wildman–Crippen LogP) is 4.97. The number of carbonyl (C=O) groups excluding carboxylic acids is 1. The molecule has 2 N–H and O–H groups in total. The average molecular weight is 485 g/mol. The summed E-state index contributed by atoms with van der Waals surface area (Å²) in [5, 5.41) is 12.0. The average Bonchev–Trinajstić information content (AvgIpc) is 3.17. The van der Waals surface area contributed by atoms with E-state index in [0.717, 1.165) is 22.2 Å². The van der Waals surface area contributed by atoms with Gasteiger partial charge in [-0.1, -0.05) is 23.2 Å². The highest BCUT2D eigenvalue weighted by Gasteiger charge is 2.17. The third-order valence-corrected chi connectivity index (χ3v) is 5.51. The summed E-state index contributed by atoms with van der Waals surface area (Å²) in [5.74, 6) is 0.993. The Bertz CT molecular complexity index is 1270. The molecule has 3 aromatic heterocycles. The number of ether oxygens (including phenoxy) is 1. The van der Waals surface area contributed by atoms with Gasteiger partial charge in [-0.15, -0.1) is 0 Å². The number of pyridine rings is 2. The second-order valence-electron chi connectivity index (χ2n) is 7.77. The Morgan fingerprint density at radius 1 is 1.15 bits per heavy atom. The smallest absolute Gasteiger partial charge is 0.239 e. The number of hydrogen-bond acceptors (Lipinski definition) is 6. The molecule has 8 nitrogen and oxygen atoms in total. The summed E-state index contributed by atoms with van der Waals surface area (Å²) in [6.07, 6.45) is 4.37. The predicted molar refractivity (Wildman–Crippen MR) is 130 cm³/mol. The lowest BCUT2D eigenvalue weighted by Crippen LogP contribution is -2.27. The van der Waals surface area contributed by atoms with Crippen LogP contribution in [0.2, 0.25) is 10.0 Å². The van der Waals surface area contributed by atoms with E-state index in [-0.39, 0.29) is 18.6 Å². The summed E-state index contributed by atoms with van der Waals surface area (Å²) in [4.78, 5) is 22.1. The number of halogens is 2. The van der Waals surface area contributed by atoms with Gasteiger partial charge in [0.25, 0.3) is 0 Å². The van der Waals surface area contributed by atoms with Crippen LogP contribution in [-0.2, 0) is 4.79 Å². The lowest BCUT2D eigenvalue weighted by atomic mass is 10.1. The van der Waals surface area contributed by atoms with Crippen molar-refractivity contribution in [2.24, 2.45) is 0 Å². The van der Waals surface area contributed by atoms with E-state index >= 15 is 0 Å². The second kappa shape index (κ2) is 9.74. The van der Waals surface area contributed by atoms with Gasteiger partial charge in [0.15, 0.2) is 0 Å². The third kappa shape index (κ3) is 5.24. The van der Waals surface area contributed by atoms with Crippen molar-refractivity contribution in [1.82, 2.24) is 25.1 Å². The number of amides is 1. The molecule has 10 heteroatoms. The maximum Gasteiger partial charge on any atom is 0.239 e. The quantitative estimate of drug-likeness (QED) is 0.384. The first-order chi connectivity index (χ1) is 15.8.